The monoisotopic (exact) mass is 494 g/mol. The molecular formula is C24H26N6O6. The molecule has 1 aromatic heterocycles. The fourth-order valence-electron chi connectivity index (χ4n) is 3.29. The van der Waals surface area contributed by atoms with Gasteiger partial charge in [0, 0.05) is 12.6 Å². The van der Waals surface area contributed by atoms with E-state index in [1.54, 1.807) is 68.0 Å². The van der Waals surface area contributed by atoms with Gasteiger partial charge in [-0.3, -0.25) is 23.9 Å². The summed E-state index contributed by atoms with van der Waals surface area (Å²) < 4.78 is 13.5. The summed E-state index contributed by atoms with van der Waals surface area (Å²) in [5, 5.41) is 6.32. The van der Waals surface area contributed by atoms with E-state index in [0.717, 1.165) is 0 Å². The van der Waals surface area contributed by atoms with Crippen LogP contribution in [-0.2, 0) is 21.4 Å². The molecule has 3 amide bonds. The van der Waals surface area contributed by atoms with E-state index in [1.807, 2.05) is 6.07 Å². The smallest absolute Gasteiger partial charge is 0.329 e. The molecule has 12 nitrogen and oxygen atoms in total. The van der Waals surface area contributed by atoms with Crippen molar-refractivity contribution in [2.45, 2.75) is 13.8 Å². The van der Waals surface area contributed by atoms with E-state index in [4.69, 9.17) is 15.2 Å². The Morgan fingerprint density at radius 3 is 2.39 bits per heavy atom. The van der Waals surface area contributed by atoms with Crippen molar-refractivity contribution in [1.29, 1.82) is 0 Å². The Hall–Kier alpha value is -4.87. The summed E-state index contributed by atoms with van der Waals surface area (Å²) in [6.45, 7) is 2.95. The fraction of sp³-hybridized carbons (Fsp3) is 0.208. The lowest BCUT2D eigenvalue weighted by atomic mass is 10.1. The van der Waals surface area contributed by atoms with Crippen LogP contribution in [-0.4, -0.2) is 46.5 Å². The van der Waals surface area contributed by atoms with Crippen molar-refractivity contribution in [2.75, 3.05) is 19.0 Å². The highest BCUT2D eigenvalue weighted by Crippen LogP contribution is 2.28. The molecule has 0 saturated carbocycles. The lowest BCUT2D eigenvalue weighted by Gasteiger charge is -2.11. The number of nitrogens with zero attached hydrogens (tertiary/aromatic N) is 3. The summed E-state index contributed by atoms with van der Waals surface area (Å²) >= 11 is 0. The zero-order chi connectivity index (χ0) is 26.4. The molecule has 36 heavy (non-hydrogen) atoms. The number of carbonyl (C=O) groups excluding carboxylic acids is 3. The van der Waals surface area contributed by atoms with Crippen LogP contribution in [0.15, 0.2) is 58.4 Å². The molecule has 0 saturated heterocycles. The topological polar surface area (TPSA) is 159 Å². The second-order valence-corrected chi connectivity index (χ2v) is 7.65. The highest BCUT2D eigenvalue weighted by molar-refractivity contribution is 6.39. The minimum atomic E-state index is -1.06. The van der Waals surface area contributed by atoms with E-state index in [-0.39, 0.29) is 12.3 Å². The van der Waals surface area contributed by atoms with Gasteiger partial charge >= 0.3 is 11.8 Å². The number of ether oxygens (including phenoxy) is 2. The van der Waals surface area contributed by atoms with E-state index < -0.39 is 23.3 Å². The van der Waals surface area contributed by atoms with Crippen LogP contribution in [0, 0.1) is 6.92 Å². The number of hydrogen-bond donors (Lipinski definition) is 3. The van der Waals surface area contributed by atoms with Crippen molar-refractivity contribution in [3.63, 3.8) is 0 Å². The number of rotatable bonds is 8. The van der Waals surface area contributed by atoms with Gasteiger partial charge in [-0.1, -0.05) is 18.2 Å². The predicted octanol–water partition coefficient (Wildman–Crippen LogP) is 0.836. The summed E-state index contributed by atoms with van der Waals surface area (Å²) in [5.74, 6) is -2.12. The van der Waals surface area contributed by atoms with Crippen LogP contribution in [0.25, 0.3) is 5.69 Å². The Labute approximate surface area is 206 Å². The van der Waals surface area contributed by atoms with Crippen LogP contribution in [0.3, 0.4) is 0 Å². The van der Waals surface area contributed by atoms with E-state index in [1.165, 1.54) is 11.8 Å². The normalized spacial score (nSPS) is 11.1. The molecule has 0 aliphatic heterocycles. The van der Waals surface area contributed by atoms with E-state index in [0.29, 0.717) is 34.2 Å². The highest BCUT2D eigenvalue weighted by Gasteiger charge is 2.21. The fourth-order valence-corrected chi connectivity index (χ4v) is 3.29. The van der Waals surface area contributed by atoms with Gasteiger partial charge in [0.2, 0.25) is 0 Å². The number of nitrogens with one attached hydrogen (secondary N) is 2. The van der Waals surface area contributed by atoms with Crippen molar-refractivity contribution < 1.29 is 23.9 Å². The van der Waals surface area contributed by atoms with Gasteiger partial charge in [0.05, 0.1) is 24.2 Å². The maximum Gasteiger partial charge on any atom is 0.329 e. The predicted molar refractivity (Wildman–Crippen MR) is 132 cm³/mol. The number of carbonyl (C=O) groups is 3. The zero-order valence-electron chi connectivity index (χ0n) is 20.2. The number of para-hydroxylation sites is 1. The maximum absolute atomic E-state index is 12.9. The van der Waals surface area contributed by atoms with Gasteiger partial charge in [-0.25, -0.2) is 10.1 Å². The third-order valence-electron chi connectivity index (χ3n) is 5.28. The quantitative estimate of drug-likeness (QED) is 0.239. The van der Waals surface area contributed by atoms with Gasteiger partial charge in [0.1, 0.15) is 5.69 Å². The molecule has 0 spiro atoms. The first kappa shape index (κ1) is 25.7. The Kier molecular flexibility index (Phi) is 7.89. The minimum Gasteiger partial charge on any atom is -0.493 e. The van der Waals surface area contributed by atoms with Gasteiger partial charge < -0.3 is 20.5 Å². The van der Waals surface area contributed by atoms with Crippen LogP contribution >= 0.6 is 0 Å². The number of nitrogens with two attached hydrogens (primary N) is 1. The van der Waals surface area contributed by atoms with Crippen molar-refractivity contribution in [1.82, 2.24) is 14.8 Å². The zero-order valence-corrected chi connectivity index (χ0v) is 20.2. The molecule has 12 heteroatoms. The number of hydrazone groups is 1. The molecule has 0 fully saturated rings. The lowest BCUT2D eigenvalue weighted by molar-refractivity contribution is -0.136. The number of anilines is 1. The minimum absolute atomic E-state index is 0.0153. The third-order valence-corrected chi connectivity index (χ3v) is 5.28. The molecule has 0 aliphatic carbocycles. The molecule has 0 unspecified atom stereocenters. The first-order valence-corrected chi connectivity index (χ1v) is 10.7. The van der Waals surface area contributed by atoms with Crippen LogP contribution in [0.4, 0.5) is 5.69 Å². The van der Waals surface area contributed by atoms with Crippen LogP contribution in [0.2, 0.25) is 0 Å². The number of benzene rings is 2. The maximum atomic E-state index is 12.9. The molecule has 4 N–H and O–H groups in total. The van der Waals surface area contributed by atoms with E-state index in [9.17, 15) is 19.2 Å². The average Bonchev–Trinajstić information content (AvgIpc) is 3.08. The molecule has 0 radical (unpaired) electrons. The van der Waals surface area contributed by atoms with Gasteiger partial charge in [-0.05, 0) is 44.2 Å². The standard InChI is InChI=1S/C24H26N6O6/c1-14(16-10-11-18(19(12-16)35-4)36-13-20(25)31)27-28-23(33)22(32)26-21-15(2)29(3)30(24(21)34)17-8-6-5-7-9-17/h5-12H,13H2,1-4H3,(H2,25,31)(H,26,32)(H,28,33)/b27-14+. The van der Waals surface area contributed by atoms with Gasteiger partial charge in [0.15, 0.2) is 18.1 Å². The van der Waals surface area contributed by atoms with E-state index in [2.05, 4.69) is 15.8 Å². The molecule has 0 atom stereocenters. The SMILES string of the molecule is COc1cc(/C(C)=N/NC(=O)C(=O)Nc2c(C)n(C)n(-c3ccccc3)c2=O)ccc1OCC(N)=O. The molecule has 2 aromatic carbocycles. The number of primary amides is 1. The largest absolute Gasteiger partial charge is 0.493 e. The summed E-state index contributed by atoms with van der Waals surface area (Å²) in [4.78, 5) is 48.7. The van der Waals surface area contributed by atoms with Crippen LogP contribution in [0.1, 0.15) is 18.2 Å². The number of amides is 3. The molecule has 0 aliphatic rings. The number of hydrogen-bond acceptors (Lipinski definition) is 7. The Bertz CT molecular complexity index is 1390. The molecule has 3 aromatic rings. The summed E-state index contributed by atoms with van der Waals surface area (Å²) in [7, 11) is 3.10. The molecule has 3 rings (SSSR count). The van der Waals surface area contributed by atoms with Crippen molar-refractivity contribution in [3.05, 3.63) is 70.1 Å². The number of aromatic nitrogens is 2. The Morgan fingerprint density at radius 2 is 1.75 bits per heavy atom. The second-order valence-electron chi connectivity index (χ2n) is 7.65. The van der Waals surface area contributed by atoms with Gasteiger partial charge in [0.25, 0.3) is 11.5 Å². The second kappa shape index (κ2) is 11.0. The molecule has 188 valence electrons. The lowest BCUT2D eigenvalue weighted by Crippen LogP contribution is -2.34. The summed E-state index contributed by atoms with van der Waals surface area (Å²) in [6.07, 6.45) is 0. The van der Waals surface area contributed by atoms with E-state index >= 15 is 0 Å². The first-order chi connectivity index (χ1) is 17.1. The summed E-state index contributed by atoms with van der Waals surface area (Å²) in [5.41, 5.74) is 8.76. The molecular weight excluding hydrogens is 468 g/mol. The van der Waals surface area contributed by atoms with Gasteiger partial charge in [-0.2, -0.15) is 5.10 Å². The van der Waals surface area contributed by atoms with Crippen molar-refractivity contribution in [2.24, 2.45) is 17.9 Å². The van der Waals surface area contributed by atoms with Crippen LogP contribution in [0.5, 0.6) is 11.5 Å². The first-order valence-electron chi connectivity index (χ1n) is 10.7. The average molecular weight is 495 g/mol. The number of methoxy groups -OCH3 is 1. The molecule has 1 heterocycles. The van der Waals surface area contributed by atoms with Gasteiger partial charge in [-0.15, -0.1) is 0 Å². The van der Waals surface area contributed by atoms with Crippen molar-refractivity contribution >= 4 is 29.1 Å². The van der Waals surface area contributed by atoms with Crippen molar-refractivity contribution in [3.8, 4) is 17.2 Å². The van der Waals surface area contributed by atoms with Crippen LogP contribution < -0.4 is 31.5 Å². The Balaban J connectivity index is 1.72. The third kappa shape index (κ3) is 5.60. The molecule has 0 bridgehead atoms. The highest BCUT2D eigenvalue weighted by atomic mass is 16.5. The Morgan fingerprint density at radius 1 is 1.06 bits per heavy atom. The summed E-state index contributed by atoms with van der Waals surface area (Å²) in [6, 6.07) is 13.7.